The van der Waals surface area contributed by atoms with Crippen molar-refractivity contribution in [1.82, 2.24) is 14.9 Å². The van der Waals surface area contributed by atoms with Gasteiger partial charge in [-0.3, -0.25) is 0 Å². The molecule has 0 atom stereocenters. The molecule has 0 spiro atoms. The van der Waals surface area contributed by atoms with E-state index in [1.165, 1.54) is 11.1 Å². The van der Waals surface area contributed by atoms with E-state index >= 15 is 0 Å². The number of hydrogen-bond donors (Lipinski definition) is 1. The van der Waals surface area contributed by atoms with Crippen LogP contribution in [0.4, 0.5) is 10.5 Å². The standard InChI is InChI=1S/C18H22N4O/c1-18(2,3)16-19-10-15(11-20-16)21-17(23)22-9-8-13-6-4-5-7-14(13)12-22/h4-7,10-11H,8-9,12H2,1-3H3,(H,21,23). The Labute approximate surface area is 136 Å². The van der Waals surface area contributed by atoms with Crippen molar-refractivity contribution in [3.8, 4) is 0 Å². The first kappa shape index (κ1) is 15.5. The van der Waals surface area contributed by atoms with Crippen LogP contribution in [0.1, 0.15) is 37.7 Å². The minimum atomic E-state index is -0.105. The molecule has 5 heteroatoms. The van der Waals surface area contributed by atoms with Crippen molar-refractivity contribution in [2.75, 3.05) is 11.9 Å². The highest BCUT2D eigenvalue weighted by molar-refractivity contribution is 5.89. The number of benzene rings is 1. The fraction of sp³-hybridized carbons (Fsp3) is 0.389. The highest BCUT2D eigenvalue weighted by Crippen LogP contribution is 2.20. The SMILES string of the molecule is CC(C)(C)c1ncc(NC(=O)N2CCc3ccccc3C2)cn1. The smallest absolute Gasteiger partial charge is 0.320 e. The lowest BCUT2D eigenvalue weighted by Gasteiger charge is -2.28. The van der Waals surface area contributed by atoms with E-state index in [1.807, 2.05) is 17.0 Å². The van der Waals surface area contributed by atoms with Gasteiger partial charge in [-0.15, -0.1) is 0 Å². The second kappa shape index (κ2) is 5.99. The summed E-state index contributed by atoms with van der Waals surface area (Å²) in [6.07, 6.45) is 4.23. The highest BCUT2D eigenvalue weighted by Gasteiger charge is 2.21. The summed E-state index contributed by atoms with van der Waals surface area (Å²) in [5.74, 6) is 0.766. The first-order valence-corrected chi connectivity index (χ1v) is 7.89. The van der Waals surface area contributed by atoms with Crippen LogP contribution in [0.3, 0.4) is 0 Å². The summed E-state index contributed by atoms with van der Waals surface area (Å²) in [6.45, 7) is 7.55. The molecule has 0 saturated carbocycles. The molecule has 0 fully saturated rings. The van der Waals surface area contributed by atoms with E-state index in [2.05, 4.69) is 48.2 Å². The zero-order valence-electron chi connectivity index (χ0n) is 13.8. The van der Waals surface area contributed by atoms with E-state index in [1.54, 1.807) is 12.4 Å². The molecule has 2 amide bonds. The molecular formula is C18H22N4O. The summed E-state index contributed by atoms with van der Waals surface area (Å²) in [4.78, 5) is 22.9. The Kier molecular flexibility index (Phi) is 4.03. The molecule has 1 aliphatic heterocycles. The number of aromatic nitrogens is 2. The van der Waals surface area contributed by atoms with Crippen LogP contribution in [0, 0.1) is 0 Å². The molecular weight excluding hydrogens is 288 g/mol. The predicted molar refractivity (Wildman–Crippen MR) is 90.3 cm³/mol. The fourth-order valence-corrected chi connectivity index (χ4v) is 2.65. The van der Waals surface area contributed by atoms with Crippen LogP contribution in [0.25, 0.3) is 0 Å². The first-order valence-electron chi connectivity index (χ1n) is 7.89. The number of nitrogens with zero attached hydrogens (tertiary/aromatic N) is 3. The third-order valence-electron chi connectivity index (χ3n) is 3.99. The van der Waals surface area contributed by atoms with Gasteiger partial charge in [0.2, 0.25) is 0 Å². The molecule has 1 aliphatic rings. The molecule has 23 heavy (non-hydrogen) atoms. The molecule has 0 radical (unpaired) electrons. The highest BCUT2D eigenvalue weighted by atomic mass is 16.2. The van der Waals surface area contributed by atoms with Crippen LogP contribution in [-0.4, -0.2) is 27.4 Å². The molecule has 2 aromatic rings. The second-order valence-electron chi connectivity index (χ2n) is 6.92. The Hall–Kier alpha value is -2.43. The Morgan fingerprint density at radius 2 is 1.78 bits per heavy atom. The quantitative estimate of drug-likeness (QED) is 0.878. The number of amides is 2. The van der Waals surface area contributed by atoms with Crippen molar-refractivity contribution >= 4 is 11.7 Å². The lowest BCUT2D eigenvalue weighted by molar-refractivity contribution is 0.206. The summed E-state index contributed by atoms with van der Waals surface area (Å²) in [7, 11) is 0. The summed E-state index contributed by atoms with van der Waals surface area (Å²) >= 11 is 0. The summed E-state index contributed by atoms with van der Waals surface area (Å²) < 4.78 is 0. The van der Waals surface area contributed by atoms with Crippen molar-refractivity contribution in [1.29, 1.82) is 0 Å². The van der Waals surface area contributed by atoms with Gasteiger partial charge in [-0.2, -0.15) is 0 Å². The van der Waals surface area contributed by atoms with E-state index in [0.29, 0.717) is 12.2 Å². The van der Waals surface area contributed by atoms with Gasteiger partial charge >= 0.3 is 6.03 Å². The number of hydrogen-bond acceptors (Lipinski definition) is 3. The summed E-state index contributed by atoms with van der Waals surface area (Å²) in [5, 5.41) is 2.88. The maximum Gasteiger partial charge on any atom is 0.322 e. The number of urea groups is 1. The van der Waals surface area contributed by atoms with Gasteiger partial charge in [0.05, 0.1) is 18.1 Å². The van der Waals surface area contributed by atoms with E-state index in [4.69, 9.17) is 0 Å². The van der Waals surface area contributed by atoms with Gasteiger partial charge in [0.1, 0.15) is 5.82 Å². The van der Waals surface area contributed by atoms with Crippen LogP contribution >= 0.6 is 0 Å². The topological polar surface area (TPSA) is 58.1 Å². The Morgan fingerprint density at radius 1 is 1.13 bits per heavy atom. The zero-order chi connectivity index (χ0) is 16.4. The lowest BCUT2D eigenvalue weighted by atomic mass is 9.96. The molecule has 1 aromatic heterocycles. The lowest BCUT2D eigenvalue weighted by Crippen LogP contribution is -2.38. The second-order valence-corrected chi connectivity index (χ2v) is 6.92. The largest absolute Gasteiger partial charge is 0.322 e. The van der Waals surface area contributed by atoms with Crippen molar-refractivity contribution in [2.45, 2.75) is 39.2 Å². The van der Waals surface area contributed by atoms with Gasteiger partial charge < -0.3 is 10.2 Å². The van der Waals surface area contributed by atoms with Gasteiger partial charge in [-0.1, -0.05) is 45.0 Å². The van der Waals surface area contributed by atoms with Crippen molar-refractivity contribution < 1.29 is 4.79 Å². The Morgan fingerprint density at radius 3 is 2.43 bits per heavy atom. The molecule has 5 nitrogen and oxygen atoms in total. The van der Waals surface area contributed by atoms with Gasteiger partial charge in [0.15, 0.2) is 0 Å². The zero-order valence-corrected chi connectivity index (χ0v) is 13.8. The molecule has 1 aromatic carbocycles. The minimum Gasteiger partial charge on any atom is -0.320 e. The van der Waals surface area contributed by atoms with Gasteiger partial charge in [-0.05, 0) is 17.5 Å². The van der Waals surface area contributed by atoms with Crippen LogP contribution in [0.15, 0.2) is 36.7 Å². The van der Waals surface area contributed by atoms with E-state index in [9.17, 15) is 4.79 Å². The van der Waals surface area contributed by atoms with Crippen molar-refractivity contribution in [2.24, 2.45) is 0 Å². The summed E-state index contributed by atoms with van der Waals surface area (Å²) in [6, 6.07) is 8.16. The number of rotatable bonds is 1. The Bertz CT molecular complexity index is 704. The molecule has 3 rings (SSSR count). The molecule has 1 N–H and O–H groups in total. The van der Waals surface area contributed by atoms with Crippen LogP contribution in [0.2, 0.25) is 0 Å². The third-order valence-corrected chi connectivity index (χ3v) is 3.99. The molecule has 0 saturated heterocycles. The van der Waals surface area contributed by atoms with E-state index in [0.717, 1.165) is 18.8 Å². The molecule has 0 unspecified atom stereocenters. The first-order chi connectivity index (χ1) is 10.9. The van der Waals surface area contributed by atoms with Crippen LogP contribution in [-0.2, 0) is 18.4 Å². The average molecular weight is 310 g/mol. The monoisotopic (exact) mass is 310 g/mol. The van der Waals surface area contributed by atoms with Gasteiger partial charge in [0.25, 0.3) is 0 Å². The average Bonchev–Trinajstić information content (AvgIpc) is 2.54. The van der Waals surface area contributed by atoms with Crippen molar-refractivity contribution in [3.63, 3.8) is 0 Å². The number of carbonyl (C=O) groups excluding carboxylic acids is 1. The van der Waals surface area contributed by atoms with Gasteiger partial charge in [-0.25, -0.2) is 14.8 Å². The number of carbonyl (C=O) groups is 1. The number of fused-ring (bicyclic) bond motifs is 1. The molecule has 0 bridgehead atoms. The molecule has 2 heterocycles. The Balaban J connectivity index is 1.66. The fourth-order valence-electron chi connectivity index (χ4n) is 2.65. The molecule has 0 aliphatic carbocycles. The van der Waals surface area contributed by atoms with Crippen molar-refractivity contribution in [3.05, 3.63) is 53.6 Å². The maximum absolute atomic E-state index is 12.4. The maximum atomic E-state index is 12.4. The van der Waals surface area contributed by atoms with Crippen LogP contribution < -0.4 is 5.32 Å². The number of anilines is 1. The van der Waals surface area contributed by atoms with E-state index < -0.39 is 0 Å². The minimum absolute atomic E-state index is 0.0981. The predicted octanol–water partition coefficient (Wildman–Crippen LogP) is 3.36. The third kappa shape index (κ3) is 3.50. The van der Waals surface area contributed by atoms with Gasteiger partial charge in [0, 0.05) is 18.5 Å². The van der Waals surface area contributed by atoms with E-state index in [-0.39, 0.29) is 11.4 Å². The normalized spacial score (nSPS) is 14.3. The molecule has 120 valence electrons. The van der Waals surface area contributed by atoms with Crippen LogP contribution in [0.5, 0.6) is 0 Å². The number of nitrogens with one attached hydrogen (secondary N) is 1. The summed E-state index contributed by atoms with van der Waals surface area (Å²) in [5.41, 5.74) is 3.07.